The molecule has 0 aromatic rings. The molecular formula is C8H16N3P. The second-order valence-corrected chi connectivity index (χ2v) is 6.81. The van der Waals surface area contributed by atoms with Crippen LogP contribution in [0.15, 0.2) is 0 Å². The Morgan fingerprint density at radius 3 is 2.08 bits per heavy atom. The number of hydrogen-bond acceptors (Lipinski definition) is 3. The van der Waals surface area contributed by atoms with Gasteiger partial charge in [0.2, 0.25) is 0 Å². The third kappa shape index (κ3) is 0.856. The van der Waals surface area contributed by atoms with Gasteiger partial charge in [-0.2, -0.15) is 0 Å². The van der Waals surface area contributed by atoms with E-state index < -0.39 is 0 Å². The van der Waals surface area contributed by atoms with Gasteiger partial charge in [0.25, 0.3) is 0 Å². The lowest BCUT2D eigenvalue weighted by Gasteiger charge is -2.63. The first-order chi connectivity index (χ1) is 5.66. The van der Waals surface area contributed by atoms with Crippen molar-refractivity contribution in [1.29, 1.82) is 0 Å². The van der Waals surface area contributed by atoms with Crippen LogP contribution in [-0.2, 0) is 0 Å². The van der Waals surface area contributed by atoms with Gasteiger partial charge in [-0.25, -0.2) is 0 Å². The Bertz CT molecular complexity index is 186. The molecule has 0 N–H and O–H groups in total. The van der Waals surface area contributed by atoms with Gasteiger partial charge >= 0.3 is 0 Å². The lowest BCUT2D eigenvalue weighted by atomic mass is 10.1. The van der Waals surface area contributed by atoms with E-state index in [1.165, 1.54) is 32.2 Å². The summed E-state index contributed by atoms with van der Waals surface area (Å²) in [7, 11) is 0.308. The molecule has 4 aliphatic heterocycles. The average molecular weight is 185 g/mol. The molecule has 12 heavy (non-hydrogen) atoms. The quantitative estimate of drug-likeness (QED) is 0.520. The molecule has 4 bridgehead atoms. The molecule has 0 saturated carbocycles. The van der Waals surface area contributed by atoms with Crippen LogP contribution in [0.25, 0.3) is 0 Å². The van der Waals surface area contributed by atoms with Crippen LogP contribution in [0.4, 0.5) is 0 Å². The maximum absolute atomic E-state index is 2.63. The zero-order valence-electron chi connectivity index (χ0n) is 7.82. The molecule has 2 unspecified atom stereocenters. The van der Waals surface area contributed by atoms with E-state index in [1.807, 2.05) is 0 Å². The molecule has 4 heteroatoms. The Labute approximate surface area is 75.1 Å². The molecule has 0 aromatic heterocycles. The molecule has 4 heterocycles. The minimum atomic E-state index is 0.308. The van der Waals surface area contributed by atoms with E-state index >= 15 is 0 Å². The van der Waals surface area contributed by atoms with Crippen molar-refractivity contribution in [3.8, 4) is 0 Å². The van der Waals surface area contributed by atoms with E-state index in [9.17, 15) is 0 Å². The molecule has 0 radical (unpaired) electrons. The fraction of sp³-hybridized carbons (Fsp3) is 1.00. The second-order valence-electron chi connectivity index (χ2n) is 4.62. The standard InChI is InChI=1S/C8H16N3P/c1-8(2)10-3-9-4-11(8)7-12(5-9)6-10/h3-7H2,1-2H3. The van der Waals surface area contributed by atoms with E-state index in [0.29, 0.717) is 13.6 Å². The van der Waals surface area contributed by atoms with Crippen molar-refractivity contribution in [2.24, 2.45) is 0 Å². The largest absolute Gasteiger partial charge is 0.273 e. The van der Waals surface area contributed by atoms with E-state index in [4.69, 9.17) is 0 Å². The summed E-state index contributed by atoms with van der Waals surface area (Å²) in [4.78, 5) is 7.86. The van der Waals surface area contributed by atoms with Crippen molar-refractivity contribution in [1.82, 2.24) is 14.7 Å². The Balaban J connectivity index is 1.96. The summed E-state index contributed by atoms with van der Waals surface area (Å²) in [6.07, 6.45) is 4.17. The highest BCUT2D eigenvalue weighted by Crippen LogP contribution is 2.52. The summed E-state index contributed by atoms with van der Waals surface area (Å²) >= 11 is 0. The van der Waals surface area contributed by atoms with E-state index in [2.05, 4.69) is 28.5 Å². The molecule has 2 atom stereocenters. The number of hydrogen-bond donors (Lipinski definition) is 0. The Kier molecular flexibility index (Phi) is 1.42. The van der Waals surface area contributed by atoms with Crippen LogP contribution in [0.3, 0.4) is 0 Å². The Morgan fingerprint density at radius 1 is 1.00 bits per heavy atom. The van der Waals surface area contributed by atoms with Crippen molar-refractivity contribution >= 4 is 7.92 Å². The van der Waals surface area contributed by atoms with Crippen LogP contribution in [0.2, 0.25) is 0 Å². The minimum absolute atomic E-state index is 0.308. The molecule has 0 spiro atoms. The first-order valence-electron chi connectivity index (χ1n) is 4.61. The molecule has 3 nitrogen and oxygen atoms in total. The normalized spacial score (nSPS) is 54.5. The summed E-state index contributed by atoms with van der Waals surface area (Å²) in [6.45, 7) is 7.15. The lowest BCUT2D eigenvalue weighted by molar-refractivity contribution is -0.134. The summed E-state index contributed by atoms with van der Waals surface area (Å²) in [5.41, 5.74) is 0.343. The first kappa shape index (κ1) is 7.69. The van der Waals surface area contributed by atoms with Crippen LogP contribution < -0.4 is 0 Å². The smallest absolute Gasteiger partial charge is 0.0707 e. The Morgan fingerprint density at radius 2 is 1.58 bits per heavy atom. The van der Waals surface area contributed by atoms with E-state index in [0.717, 1.165) is 0 Å². The Hall–Kier alpha value is 0.310. The van der Waals surface area contributed by atoms with Gasteiger partial charge in [0.05, 0.1) is 19.0 Å². The van der Waals surface area contributed by atoms with Gasteiger partial charge in [0, 0.05) is 18.9 Å². The first-order valence-corrected chi connectivity index (χ1v) is 6.51. The zero-order chi connectivity index (χ0) is 8.34. The van der Waals surface area contributed by atoms with Gasteiger partial charge in [0.1, 0.15) is 0 Å². The molecule has 4 fully saturated rings. The maximum Gasteiger partial charge on any atom is 0.0707 e. The SMILES string of the molecule is CC1(C)N2CN3CN1CP(C3)C2. The second kappa shape index (κ2) is 2.21. The van der Waals surface area contributed by atoms with E-state index in [-0.39, 0.29) is 0 Å². The van der Waals surface area contributed by atoms with Crippen molar-refractivity contribution in [2.75, 3.05) is 32.2 Å². The van der Waals surface area contributed by atoms with Crippen LogP contribution in [0.1, 0.15) is 13.8 Å². The van der Waals surface area contributed by atoms with Gasteiger partial charge in [0.15, 0.2) is 0 Å². The van der Waals surface area contributed by atoms with Crippen molar-refractivity contribution in [2.45, 2.75) is 19.5 Å². The third-order valence-electron chi connectivity index (χ3n) is 3.43. The van der Waals surface area contributed by atoms with Crippen LogP contribution in [0.5, 0.6) is 0 Å². The molecule has 4 saturated heterocycles. The molecule has 4 rings (SSSR count). The number of nitrogens with zero attached hydrogens (tertiary/aromatic N) is 3. The average Bonchev–Trinajstić information content (AvgIpc) is 1.99. The highest BCUT2D eigenvalue weighted by atomic mass is 31.1. The fourth-order valence-corrected chi connectivity index (χ4v) is 5.35. The third-order valence-corrected chi connectivity index (χ3v) is 5.71. The van der Waals surface area contributed by atoms with Gasteiger partial charge in [-0.1, -0.05) is 7.92 Å². The molecule has 0 aromatic carbocycles. The molecule has 0 amide bonds. The van der Waals surface area contributed by atoms with Crippen LogP contribution in [-0.4, -0.2) is 52.6 Å². The van der Waals surface area contributed by atoms with Crippen LogP contribution >= 0.6 is 7.92 Å². The zero-order valence-corrected chi connectivity index (χ0v) is 8.72. The summed E-state index contributed by atoms with van der Waals surface area (Å²) in [6, 6.07) is 0. The fourth-order valence-electron chi connectivity index (χ4n) is 2.50. The van der Waals surface area contributed by atoms with E-state index in [1.54, 1.807) is 0 Å². The molecular weight excluding hydrogens is 169 g/mol. The lowest BCUT2D eigenvalue weighted by Crippen LogP contribution is -2.72. The predicted octanol–water partition coefficient (Wildman–Crippen LogP) is 0.939. The minimum Gasteiger partial charge on any atom is -0.273 e. The van der Waals surface area contributed by atoms with Gasteiger partial charge < -0.3 is 0 Å². The maximum atomic E-state index is 2.63. The monoisotopic (exact) mass is 185 g/mol. The highest BCUT2D eigenvalue weighted by molar-refractivity contribution is 7.57. The summed E-state index contributed by atoms with van der Waals surface area (Å²) < 4.78 is 0. The van der Waals surface area contributed by atoms with Crippen molar-refractivity contribution in [3.63, 3.8) is 0 Å². The topological polar surface area (TPSA) is 9.72 Å². The highest BCUT2D eigenvalue weighted by Gasteiger charge is 2.48. The predicted molar refractivity (Wildman–Crippen MR) is 50.9 cm³/mol. The summed E-state index contributed by atoms with van der Waals surface area (Å²) in [5.74, 6) is 0. The molecule has 68 valence electrons. The number of rotatable bonds is 0. The molecule has 4 aliphatic rings. The van der Waals surface area contributed by atoms with Gasteiger partial charge in [-0.15, -0.1) is 0 Å². The summed E-state index contributed by atoms with van der Waals surface area (Å²) in [5, 5.41) is 0. The van der Waals surface area contributed by atoms with Gasteiger partial charge in [-0.3, -0.25) is 14.7 Å². The van der Waals surface area contributed by atoms with Crippen LogP contribution in [0, 0.1) is 0 Å². The van der Waals surface area contributed by atoms with Crippen molar-refractivity contribution in [3.05, 3.63) is 0 Å². The molecule has 0 aliphatic carbocycles. The van der Waals surface area contributed by atoms with Crippen molar-refractivity contribution < 1.29 is 0 Å². The van der Waals surface area contributed by atoms with Gasteiger partial charge in [-0.05, 0) is 13.8 Å².